The molecule has 0 aliphatic rings. The second kappa shape index (κ2) is 5.05. The van der Waals surface area contributed by atoms with Gasteiger partial charge in [-0.3, -0.25) is 0 Å². The van der Waals surface area contributed by atoms with Crippen LogP contribution in [0.5, 0.6) is 0 Å². The van der Waals surface area contributed by atoms with Crippen LogP contribution in [0.3, 0.4) is 0 Å². The third-order valence-corrected chi connectivity index (χ3v) is 1.43. The van der Waals surface area contributed by atoms with Crippen LogP contribution < -0.4 is 0 Å². The summed E-state index contributed by atoms with van der Waals surface area (Å²) in [5.41, 5.74) is -0.172. The van der Waals surface area contributed by atoms with Gasteiger partial charge in [-0.25, -0.2) is 9.79 Å². The SMILES string of the molecule is CCOC(C)(C)CCN=C=O. The van der Waals surface area contributed by atoms with Crippen molar-refractivity contribution in [2.45, 2.75) is 32.8 Å². The van der Waals surface area contributed by atoms with Crippen molar-refractivity contribution >= 4 is 6.08 Å². The van der Waals surface area contributed by atoms with Crippen LogP contribution in [-0.2, 0) is 9.53 Å². The first-order valence-electron chi connectivity index (χ1n) is 3.80. The summed E-state index contributed by atoms with van der Waals surface area (Å²) in [6.45, 7) is 7.10. The molecule has 0 radical (unpaired) electrons. The Balaban J connectivity index is 3.62. The van der Waals surface area contributed by atoms with E-state index in [0.717, 1.165) is 6.42 Å². The van der Waals surface area contributed by atoms with Crippen molar-refractivity contribution in [1.29, 1.82) is 0 Å². The normalized spacial score (nSPS) is 10.8. The summed E-state index contributed by atoms with van der Waals surface area (Å²) >= 11 is 0. The first-order valence-corrected chi connectivity index (χ1v) is 3.80. The molecule has 0 aromatic rings. The molecule has 0 aromatic carbocycles. The number of ether oxygens (including phenoxy) is 1. The number of aliphatic imine (C=N–C) groups is 1. The molecule has 0 aliphatic heterocycles. The molecule has 11 heavy (non-hydrogen) atoms. The number of isocyanates is 1. The molecular weight excluding hydrogens is 142 g/mol. The molecule has 64 valence electrons. The predicted octanol–water partition coefficient (Wildman–Crippen LogP) is 1.53. The van der Waals surface area contributed by atoms with Crippen molar-refractivity contribution < 1.29 is 9.53 Å². The minimum atomic E-state index is -0.172. The summed E-state index contributed by atoms with van der Waals surface area (Å²) in [5.74, 6) is 0. The van der Waals surface area contributed by atoms with E-state index in [-0.39, 0.29) is 5.60 Å². The molecule has 0 unspecified atom stereocenters. The molecule has 0 aliphatic carbocycles. The molecule has 0 fully saturated rings. The van der Waals surface area contributed by atoms with Gasteiger partial charge in [0.2, 0.25) is 6.08 Å². The Morgan fingerprint density at radius 2 is 2.18 bits per heavy atom. The van der Waals surface area contributed by atoms with E-state index in [1.54, 1.807) is 0 Å². The summed E-state index contributed by atoms with van der Waals surface area (Å²) < 4.78 is 5.39. The Labute approximate surface area is 67.5 Å². The van der Waals surface area contributed by atoms with Gasteiger partial charge in [0.15, 0.2) is 0 Å². The van der Waals surface area contributed by atoms with Crippen molar-refractivity contribution in [3.63, 3.8) is 0 Å². The van der Waals surface area contributed by atoms with E-state index < -0.39 is 0 Å². The van der Waals surface area contributed by atoms with Crippen LogP contribution in [0, 0.1) is 0 Å². The van der Waals surface area contributed by atoms with Gasteiger partial charge in [0.25, 0.3) is 0 Å². The molecule has 3 heteroatoms. The van der Waals surface area contributed by atoms with E-state index in [2.05, 4.69) is 4.99 Å². The average Bonchev–Trinajstić information content (AvgIpc) is 1.87. The molecule has 0 aromatic heterocycles. The van der Waals surface area contributed by atoms with Gasteiger partial charge in [0.05, 0.1) is 12.1 Å². The second-order valence-corrected chi connectivity index (χ2v) is 2.92. The van der Waals surface area contributed by atoms with Crippen molar-refractivity contribution in [1.82, 2.24) is 0 Å². The fourth-order valence-corrected chi connectivity index (χ4v) is 0.834. The van der Waals surface area contributed by atoms with Crippen molar-refractivity contribution in [3.05, 3.63) is 0 Å². The van der Waals surface area contributed by atoms with Gasteiger partial charge in [0, 0.05) is 6.61 Å². The number of rotatable bonds is 5. The van der Waals surface area contributed by atoms with E-state index in [1.165, 1.54) is 6.08 Å². The largest absolute Gasteiger partial charge is 0.376 e. The predicted molar refractivity (Wildman–Crippen MR) is 43.3 cm³/mol. The Morgan fingerprint density at radius 3 is 2.64 bits per heavy atom. The van der Waals surface area contributed by atoms with E-state index in [9.17, 15) is 4.79 Å². The third-order valence-electron chi connectivity index (χ3n) is 1.43. The first-order chi connectivity index (χ1) is 5.12. The zero-order valence-corrected chi connectivity index (χ0v) is 7.39. The zero-order valence-electron chi connectivity index (χ0n) is 7.39. The monoisotopic (exact) mass is 157 g/mol. The number of hydrogen-bond donors (Lipinski definition) is 0. The van der Waals surface area contributed by atoms with Crippen LogP contribution in [0.25, 0.3) is 0 Å². The van der Waals surface area contributed by atoms with Crippen LogP contribution >= 0.6 is 0 Å². The van der Waals surface area contributed by atoms with Gasteiger partial charge in [-0.05, 0) is 27.2 Å². The maximum absolute atomic E-state index is 9.72. The lowest BCUT2D eigenvalue weighted by atomic mass is 10.1. The van der Waals surface area contributed by atoms with Gasteiger partial charge in [-0.1, -0.05) is 0 Å². The maximum atomic E-state index is 9.72. The highest BCUT2D eigenvalue weighted by molar-refractivity contribution is 5.32. The molecule has 0 spiro atoms. The molecule has 0 amide bonds. The summed E-state index contributed by atoms with van der Waals surface area (Å²) in [4.78, 5) is 13.2. The lowest BCUT2D eigenvalue weighted by Gasteiger charge is -2.23. The minimum absolute atomic E-state index is 0.172. The minimum Gasteiger partial charge on any atom is -0.376 e. The van der Waals surface area contributed by atoms with E-state index in [1.807, 2.05) is 20.8 Å². The Bertz CT molecular complexity index is 148. The standard InChI is InChI=1S/C8H15NO2/c1-4-11-8(2,3)5-6-9-7-10/h4-6H2,1-3H3. The van der Waals surface area contributed by atoms with Crippen LogP contribution in [0.2, 0.25) is 0 Å². The second-order valence-electron chi connectivity index (χ2n) is 2.92. The van der Waals surface area contributed by atoms with Crippen LogP contribution in [0.4, 0.5) is 0 Å². The van der Waals surface area contributed by atoms with Crippen molar-refractivity contribution in [2.75, 3.05) is 13.2 Å². The van der Waals surface area contributed by atoms with Crippen LogP contribution in [0.1, 0.15) is 27.2 Å². The molecule has 3 nitrogen and oxygen atoms in total. The highest BCUT2D eigenvalue weighted by atomic mass is 16.5. The maximum Gasteiger partial charge on any atom is 0.234 e. The molecule has 0 N–H and O–H groups in total. The molecule has 0 bridgehead atoms. The smallest absolute Gasteiger partial charge is 0.234 e. The van der Waals surface area contributed by atoms with E-state index >= 15 is 0 Å². The number of carbonyl (C=O) groups excluding carboxylic acids is 1. The quantitative estimate of drug-likeness (QED) is 0.448. The van der Waals surface area contributed by atoms with Crippen LogP contribution in [0.15, 0.2) is 4.99 Å². The fourth-order valence-electron chi connectivity index (χ4n) is 0.834. The summed E-state index contributed by atoms with van der Waals surface area (Å²) in [7, 11) is 0. The van der Waals surface area contributed by atoms with Crippen LogP contribution in [-0.4, -0.2) is 24.8 Å². The van der Waals surface area contributed by atoms with Gasteiger partial charge < -0.3 is 4.74 Å². The van der Waals surface area contributed by atoms with Gasteiger partial charge in [-0.15, -0.1) is 0 Å². The first kappa shape index (κ1) is 10.3. The Morgan fingerprint density at radius 1 is 1.55 bits per heavy atom. The van der Waals surface area contributed by atoms with Gasteiger partial charge >= 0.3 is 0 Å². The number of nitrogens with zero attached hydrogens (tertiary/aromatic N) is 1. The Hall–Kier alpha value is -0.660. The molecular formula is C8H15NO2. The van der Waals surface area contributed by atoms with E-state index in [0.29, 0.717) is 13.2 Å². The summed E-state index contributed by atoms with van der Waals surface area (Å²) in [5, 5.41) is 0. The average molecular weight is 157 g/mol. The van der Waals surface area contributed by atoms with Crippen molar-refractivity contribution in [3.8, 4) is 0 Å². The molecule has 0 heterocycles. The lowest BCUT2D eigenvalue weighted by molar-refractivity contribution is -0.0140. The third kappa shape index (κ3) is 5.77. The molecule has 0 saturated carbocycles. The molecule has 0 rings (SSSR count). The summed E-state index contributed by atoms with van der Waals surface area (Å²) in [6, 6.07) is 0. The van der Waals surface area contributed by atoms with Gasteiger partial charge in [-0.2, -0.15) is 0 Å². The van der Waals surface area contributed by atoms with E-state index in [4.69, 9.17) is 4.74 Å². The summed E-state index contributed by atoms with van der Waals surface area (Å²) in [6.07, 6.45) is 2.26. The molecule has 0 saturated heterocycles. The topological polar surface area (TPSA) is 38.7 Å². The van der Waals surface area contributed by atoms with Crippen molar-refractivity contribution in [2.24, 2.45) is 4.99 Å². The number of hydrogen-bond acceptors (Lipinski definition) is 3. The zero-order chi connectivity index (χ0) is 8.74. The van der Waals surface area contributed by atoms with Gasteiger partial charge in [0.1, 0.15) is 0 Å². The Kier molecular flexibility index (Phi) is 4.75. The fraction of sp³-hybridized carbons (Fsp3) is 0.875. The highest BCUT2D eigenvalue weighted by Gasteiger charge is 2.16. The lowest BCUT2D eigenvalue weighted by Crippen LogP contribution is -2.25. The highest BCUT2D eigenvalue weighted by Crippen LogP contribution is 2.13. The molecule has 0 atom stereocenters.